The Kier molecular flexibility index (Phi) is 3.69. The Bertz CT molecular complexity index is 486. The van der Waals surface area contributed by atoms with Crippen LogP contribution < -0.4 is 16.4 Å². The summed E-state index contributed by atoms with van der Waals surface area (Å²) in [5.41, 5.74) is 13.0. The van der Waals surface area contributed by atoms with Gasteiger partial charge in [0.1, 0.15) is 0 Å². The van der Waals surface area contributed by atoms with Crippen LogP contribution in [0, 0.1) is 11.8 Å². The third kappa shape index (κ3) is 2.67. The second-order valence-electron chi connectivity index (χ2n) is 5.85. The van der Waals surface area contributed by atoms with Gasteiger partial charge < -0.3 is 16.4 Å². The summed E-state index contributed by atoms with van der Waals surface area (Å²) in [4.78, 5) is 13.7. The van der Waals surface area contributed by atoms with Crippen molar-refractivity contribution in [1.29, 1.82) is 0 Å². The summed E-state index contributed by atoms with van der Waals surface area (Å²) < 4.78 is 0. The number of carbonyl (C=O) groups excluding carboxylic acids is 1. The molecule has 19 heavy (non-hydrogen) atoms. The molecule has 0 bridgehead atoms. The first-order valence-corrected chi connectivity index (χ1v) is 6.86. The Morgan fingerprint density at radius 1 is 1.32 bits per heavy atom. The largest absolute Gasteiger partial charge is 0.398 e. The lowest BCUT2D eigenvalue weighted by Gasteiger charge is -2.42. The summed E-state index contributed by atoms with van der Waals surface area (Å²) in [6, 6.07) is 6.02. The minimum Gasteiger partial charge on any atom is -0.398 e. The normalized spacial score (nSPS) is 27.3. The lowest BCUT2D eigenvalue weighted by atomic mass is 9.85. The molecule has 4 N–H and O–H groups in total. The Morgan fingerprint density at radius 2 is 2.00 bits per heavy atom. The molecule has 4 nitrogen and oxygen atoms in total. The molecule has 1 heterocycles. The average molecular weight is 261 g/mol. The molecule has 1 saturated heterocycles. The molecule has 3 atom stereocenters. The van der Waals surface area contributed by atoms with Gasteiger partial charge in [-0.3, -0.25) is 4.79 Å². The Balaban J connectivity index is 2.35. The van der Waals surface area contributed by atoms with Crippen LogP contribution in [0.4, 0.5) is 11.4 Å². The number of primary amides is 1. The van der Waals surface area contributed by atoms with E-state index in [0.717, 1.165) is 12.2 Å². The Hall–Kier alpha value is -1.71. The van der Waals surface area contributed by atoms with Gasteiger partial charge in [-0.15, -0.1) is 0 Å². The SMILES string of the molecule is CC1CC(C)C(C)N(c2ccc(N)c(C(N)=O)c2)C1. The van der Waals surface area contributed by atoms with Gasteiger partial charge in [0.25, 0.3) is 5.91 Å². The van der Waals surface area contributed by atoms with Crippen LogP contribution in [0.5, 0.6) is 0 Å². The number of nitrogens with two attached hydrogens (primary N) is 2. The first-order valence-electron chi connectivity index (χ1n) is 6.86. The van der Waals surface area contributed by atoms with Crippen molar-refractivity contribution in [1.82, 2.24) is 0 Å². The van der Waals surface area contributed by atoms with Gasteiger partial charge in [-0.2, -0.15) is 0 Å². The van der Waals surface area contributed by atoms with Crippen LogP contribution in [0.3, 0.4) is 0 Å². The quantitative estimate of drug-likeness (QED) is 0.802. The van der Waals surface area contributed by atoms with Crippen LogP contribution >= 0.6 is 0 Å². The van der Waals surface area contributed by atoms with Gasteiger partial charge in [-0.05, 0) is 43.4 Å². The lowest BCUT2D eigenvalue weighted by molar-refractivity contribution is 0.100. The number of hydrogen-bond donors (Lipinski definition) is 2. The zero-order valence-electron chi connectivity index (χ0n) is 11.9. The zero-order valence-corrected chi connectivity index (χ0v) is 11.9. The number of benzene rings is 1. The Morgan fingerprint density at radius 3 is 2.63 bits per heavy atom. The third-order valence-corrected chi connectivity index (χ3v) is 4.23. The molecule has 1 fully saturated rings. The van der Waals surface area contributed by atoms with Crippen molar-refractivity contribution in [2.75, 3.05) is 17.2 Å². The van der Waals surface area contributed by atoms with Crippen molar-refractivity contribution < 1.29 is 4.79 Å². The molecule has 104 valence electrons. The summed E-state index contributed by atoms with van der Waals surface area (Å²) in [6.07, 6.45) is 1.25. The van der Waals surface area contributed by atoms with Gasteiger partial charge in [-0.25, -0.2) is 0 Å². The Labute approximate surface area is 114 Å². The van der Waals surface area contributed by atoms with Gasteiger partial charge in [0.05, 0.1) is 5.56 Å². The van der Waals surface area contributed by atoms with Crippen molar-refractivity contribution in [2.24, 2.45) is 17.6 Å². The predicted octanol–water partition coefficient (Wildman–Crippen LogP) is 2.24. The number of nitrogens with zero attached hydrogens (tertiary/aromatic N) is 1. The van der Waals surface area contributed by atoms with Crippen molar-refractivity contribution in [3.8, 4) is 0 Å². The molecule has 1 amide bonds. The second-order valence-corrected chi connectivity index (χ2v) is 5.85. The minimum atomic E-state index is -0.467. The molecule has 1 aromatic rings. The van der Waals surface area contributed by atoms with Crippen LogP contribution in [0.25, 0.3) is 0 Å². The van der Waals surface area contributed by atoms with Gasteiger partial charge in [0, 0.05) is 24.0 Å². The molecule has 0 aromatic heterocycles. The van der Waals surface area contributed by atoms with Crippen molar-refractivity contribution in [2.45, 2.75) is 33.2 Å². The highest BCUT2D eigenvalue weighted by Crippen LogP contribution is 2.32. The summed E-state index contributed by atoms with van der Waals surface area (Å²) in [5, 5.41) is 0. The van der Waals surface area contributed by atoms with Gasteiger partial charge in [0.15, 0.2) is 0 Å². The van der Waals surface area contributed by atoms with E-state index in [9.17, 15) is 4.79 Å². The number of carbonyl (C=O) groups is 1. The van der Waals surface area contributed by atoms with E-state index in [4.69, 9.17) is 11.5 Å². The monoisotopic (exact) mass is 261 g/mol. The number of amides is 1. The third-order valence-electron chi connectivity index (χ3n) is 4.23. The van der Waals surface area contributed by atoms with E-state index in [1.54, 1.807) is 6.07 Å². The topological polar surface area (TPSA) is 72.3 Å². The van der Waals surface area contributed by atoms with E-state index in [-0.39, 0.29) is 0 Å². The average Bonchev–Trinajstić information content (AvgIpc) is 2.34. The van der Waals surface area contributed by atoms with Gasteiger partial charge in [-0.1, -0.05) is 13.8 Å². The van der Waals surface area contributed by atoms with E-state index in [2.05, 4.69) is 25.7 Å². The van der Waals surface area contributed by atoms with E-state index in [1.165, 1.54) is 6.42 Å². The van der Waals surface area contributed by atoms with E-state index >= 15 is 0 Å². The fourth-order valence-electron chi connectivity index (χ4n) is 2.99. The fraction of sp³-hybridized carbons (Fsp3) is 0.533. The summed E-state index contributed by atoms with van der Waals surface area (Å²) >= 11 is 0. The standard InChI is InChI=1S/C15H23N3O/c1-9-6-10(2)11(3)18(8-9)12-4-5-14(16)13(7-12)15(17)19/h4-5,7,9-11H,6,8,16H2,1-3H3,(H2,17,19). The highest BCUT2D eigenvalue weighted by atomic mass is 16.1. The van der Waals surface area contributed by atoms with Gasteiger partial charge >= 0.3 is 0 Å². The summed E-state index contributed by atoms with van der Waals surface area (Å²) in [5.74, 6) is 0.823. The second kappa shape index (κ2) is 5.11. The molecular weight excluding hydrogens is 238 g/mol. The highest BCUT2D eigenvalue weighted by Gasteiger charge is 2.29. The lowest BCUT2D eigenvalue weighted by Crippen LogP contribution is -2.45. The van der Waals surface area contributed by atoms with Crippen molar-refractivity contribution in [3.05, 3.63) is 23.8 Å². The van der Waals surface area contributed by atoms with Crippen molar-refractivity contribution >= 4 is 17.3 Å². The minimum absolute atomic E-state index is 0.413. The molecule has 0 aliphatic carbocycles. The number of hydrogen-bond acceptors (Lipinski definition) is 3. The molecule has 0 spiro atoms. The van der Waals surface area contributed by atoms with E-state index in [1.807, 2.05) is 12.1 Å². The van der Waals surface area contributed by atoms with Crippen LogP contribution in [-0.4, -0.2) is 18.5 Å². The van der Waals surface area contributed by atoms with Crippen LogP contribution in [-0.2, 0) is 0 Å². The van der Waals surface area contributed by atoms with Crippen LogP contribution in [0.2, 0.25) is 0 Å². The van der Waals surface area contributed by atoms with E-state index in [0.29, 0.717) is 29.1 Å². The maximum Gasteiger partial charge on any atom is 0.250 e. The first-order chi connectivity index (χ1) is 8.90. The van der Waals surface area contributed by atoms with Crippen LogP contribution in [0.15, 0.2) is 18.2 Å². The maximum absolute atomic E-state index is 11.4. The van der Waals surface area contributed by atoms with Gasteiger partial charge in [0.2, 0.25) is 0 Å². The van der Waals surface area contributed by atoms with Crippen molar-refractivity contribution in [3.63, 3.8) is 0 Å². The molecule has 0 saturated carbocycles. The smallest absolute Gasteiger partial charge is 0.250 e. The van der Waals surface area contributed by atoms with E-state index < -0.39 is 5.91 Å². The van der Waals surface area contributed by atoms with Crippen LogP contribution in [0.1, 0.15) is 37.6 Å². The molecule has 1 aliphatic heterocycles. The molecular formula is C15H23N3O. The molecule has 2 rings (SSSR count). The predicted molar refractivity (Wildman–Crippen MR) is 79.1 cm³/mol. The summed E-state index contributed by atoms with van der Waals surface area (Å²) in [7, 11) is 0. The molecule has 4 heteroatoms. The number of anilines is 2. The number of rotatable bonds is 2. The molecule has 1 aromatic carbocycles. The summed E-state index contributed by atoms with van der Waals surface area (Å²) in [6.45, 7) is 7.78. The maximum atomic E-state index is 11.4. The fourth-order valence-corrected chi connectivity index (χ4v) is 2.99. The first kappa shape index (κ1) is 13.7. The molecule has 0 radical (unpaired) electrons. The number of nitrogen functional groups attached to an aromatic ring is 1. The molecule has 3 unspecified atom stereocenters. The number of piperidine rings is 1. The molecule has 1 aliphatic rings. The highest BCUT2D eigenvalue weighted by molar-refractivity contribution is 5.99. The zero-order chi connectivity index (χ0) is 14.2.